The third-order valence-electron chi connectivity index (χ3n) is 3.70. The van der Waals surface area contributed by atoms with Crippen LogP contribution < -0.4 is 5.32 Å². The lowest BCUT2D eigenvalue weighted by molar-refractivity contribution is -0.385. The number of nitro groups is 1. The predicted molar refractivity (Wildman–Crippen MR) is 73.7 cm³/mol. The summed E-state index contributed by atoms with van der Waals surface area (Å²) in [6.45, 7) is 1.83. The van der Waals surface area contributed by atoms with Crippen molar-refractivity contribution >= 4 is 11.7 Å². The smallest absolute Gasteiger partial charge is 0.338 e. The van der Waals surface area contributed by atoms with Gasteiger partial charge in [-0.1, -0.05) is 6.07 Å². The van der Waals surface area contributed by atoms with Crippen LogP contribution >= 0.6 is 0 Å². The van der Waals surface area contributed by atoms with Crippen LogP contribution in [-0.2, 0) is 11.2 Å². The number of rotatable bonds is 4. The lowest BCUT2D eigenvalue weighted by Crippen LogP contribution is -2.29. The van der Waals surface area contributed by atoms with Crippen molar-refractivity contribution in [1.82, 2.24) is 5.32 Å². The van der Waals surface area contributed by atoms with Crippen molar-refractivity contribution in [3.63, 3.8) is 0 Å². The molecule has 108 valence electrons. The largest absolute Gasteiger partial charge is 0.465 e. The molecular weight excluding hydrogens is 260 g/mol. The average molecular weight is 278 g/mol. The van der Waals surface area contributed by atoms with Crippen molar-refractivity contribution in [3.8, 4) is 0 Å². The average Bonchev–Trinajstić information content (AvgIpc) is 2.47. The summed E-state index contributed by atoms with van der Waals surface area (Å²) in [5.74, 6) is -0.154. The number of nitrogens with one attached hydrogen (secondary N) is 1. The van der Waals surface area contributed by atoms with E-state index in [9.17, 15) is 14.9 Å². The van der Waals surface area contributed by atoms with E-state index in [0.29, 0.717) is 23.5 Å². The third kappa shape index (κ3) is 3.14. The molecular formula is C14H18N2O4. The van der Waals surface area contributed by atoms with Gasteiger partial charge in [0.15, 0.2) is 0 Å². The zero-order chi connectivity index (χ0) is 14.5. The Balaban J connectivity index is 2.35. The molecule has 2 rings (SSSR count). The first-order valence-corrected chi connectivity index (χ1v) is 6.68. The topological polar surface area (TPSA) is 81.5 Å². The second-order valence-electron chi connectivity index (χ2n) is 4.95. The summed E-state index contributed by atoms with van der Waals surface area (Å²) in [6, 6.07) is 4.56. The van der Waals surface area contributed by atoms with Gasteiger partial charge < -0.3 is 10.1 Å². The Hall–Kier alpha value is -1.95. The number of benzene rings is 1. The Bertz CT molecular complexity index is 510. The quantitative estimate of drug-likeness (QED) is 0.517. The van der Waals surface area contributed by atoms with Crippen molar-refractivity contribution in [3.05, 3.63) is 39.4 Å². The lowest BCUT2D eigenvalue weighted by Gasteiger charge is -2.23. The molecule has 0 radical (unpaired) electrons. The molecule has 0 amide bonds. The minimum Gasteiger partial charge on any atom is -0.465 e. The molecule has 6 nitrogen and oxygen atoms in total. The fourth-order valence-corrected chi connectivity index (χ4v) is 2.64. The van der Waals surface area contributed by atoms with Gasteiger partial charge in [0.05, 0.1) is 17.6 Å². The van der Waals surface area contributed by atoms with E-state index >= 15 is 0 Å². The molecule has 1 aromatic carbocycles. The fraction of sp³-hybridized carbons (Fsp3) is 0.500. The molecule has 1 aromatic rings. The summed E-state index contributed by atoms with van der Waals surface area (Å²) in [4.78, 5) is 22.5. The number of carbonyl (C=O) groups excluding carboxylic acids is 1. The Morgan fingerprint density at radius 2 is 2.15 bits per heavy atom. The van der Waals surface area contributed by atoms with Crippen LogP contribution in [0.15, 0.2) is 18.2 Å². The Morgan fingerprint density at radius 3 is 2.75 bits per heavy atom. The van der Waals surface area contributed by atoms with Crippen LogP contribution in [0.4, 0.5) is 5.69 Å². The molecule has 1 aliphatic rings. The summed E-state index contributed by atoms with van der Waals surface area (Å²) in [7, 11) is 1.29. The first kappa shape index (κ1) is 14.5. The van der Waals surface area contributed by atoms with E-state index in [0.717, 1.165) is 25.9 Å². The van der Waals surface area contributed by atoms with Gasteiger partial charge in [0, 0.05) is 11.6 Å². The van der Waals surface area contributed by atoms with Crippen molar-refractivity contribution in [2.24, 2.45) is 5.92 Å². The second kappa shape index (κ2) is 6.47. The number of nitrogens with zero attached hydrogens (tertiary/aromatic N) is 1. The van der Waals surface area contributed by atoms with E-state index in [1.165, 1.54) is 19.2 Å². The highest BCUT2D eigenvalue weighted by Gasteiger charge is 2.25. The van der Waals surface area contributed by atoms with E-state index in [1.807, 2.05) is 0 Å². The molecule has 1 N–H and O–H groups in total. The van der Waals surface area contributed by atoms with E-state index in [4.69, 9.17) is 4.74 Å². The van der Waals surface area contributed by atoms with Crippen LogP contribution in [0.3, 0.4) is 0 Å². The van der Waals surface area contributed by atoms with Crippen LogP contribution in [0.2, 0.25) is 0 Å². The van der Waals surface area contributed by atoms with Gasteiger partial charge in [-0.3, -0.25) is 10.1 Å². The van der Waals surface area contributed by atoms with Crippen LogP contribution in [0.1, 0.15) is 28.8 Å². The maximum absolute atomic E-state index is 11.8. The zero-order valence-corrected chi connectivity index (χ0v) is 11.4. The summed E-state index contributed by atoms with van der Waals surface area (Å²) < 4.78 is 4.73. The molecule has 1 saturated heterocycles. The van der Waals surface area contributed by atoms with Crippen molar-refractivity contribution < 1.29 is 14.5 Å². The molecule has 1 fully saturated rings. The van der Waals surface area contributed by atoms with Gasteiger partial charge in [-0.05, 0) is 44.3 Å². The lowest BCUT2D eigenvalue weighted by atomic mass is 9.88. The Kier molecular flexibility index (Phi) is 4.68. The number of hydrogen-bond donors (Lipinski definition) is 1. The molecule has 0 spiro atoms. The standard InChI is InChI=1S/C14H18N2O4/c1-20-14(17)11-3-2-4-13(16(18)19)12(11)9-10-5-7-15-8-6-10/h2-4,10,15H,5-9H2,1H3. The number of esters is 1. The first-order valence-electron chi connectivity index (χ1n) is 6.68. The molecule has 0 saturated carbocycles. The van der Waals surface area contributed by atoms with E-state index < -0.39 is 10.9 Å². The molecule has 0 aliphatic carbocycles. The highest BCUT2D eigenvalue weighted by atomic mass is 16.6. The third-order valence-corrected chi connectivity index (χ3v) is 3.70. The number of hydrogen-bond acceptors (Lipinski definition) is 5. The van der Waals surface area contributed by atoms with Gasteiger partial charge in [-0.2, -0.15) is 0 Å². The van der Waals surface area contributed by atoms with Crippen molar-refractivity contribution in [2.45, 2.75) is 19.3 Å². The van der Waals surface area contributed by atoms with E-state index in [1.54, 1.807) is 6.07 Å². The molecule has 0 bridgehead atoms. The van der Waals surface area contributed by atoms with Gasteiger partial charge in [0.2, 0.25) is 0 Å². The molecule has 6 heteroatoms. The van der Waals surface area contributed by atoms with E-state index in [2.05, 4.69) is 5.32 Å². The summed E-state index contributed by atoms with van der Waals surface area (Å²) in [5.41, 5.74) is 0.808. The van der Waals surface area contributed by atoms with Crippen LogP contribution in [-0.4, -0.2) is 31.1 Å². The highest BCUT2D eigenvalue weighted by molar-refractivity contribution is 5.92. The second-order valence-corrected chi connectivity index (χ2v) is 4.95. The van der Waals surface area contributed by atoms with E-state index in [-0.39, 0.29) is 5.69 Å². The molecule has 0 unspecified atom stereocenters. The maximum atomic E-state index is 11.8. The maximum Gasteiger partial charge on any atom is 0.338 e. The summed E-state index contributed by atoms with van der Waals surface area (Å²) >= 11 is 0. The number of carbonyl (C=O) groups is 1. The Morgan fingerprint density at radius 1 is 1.45 bits per heavy atom. The van der Waals surface area contributed by atoms with Crippen LogP contribution in [0, 0.1) is 16.0 Å². The minimum absolute atomic E-state index is 0.00596. The van der Waals surface area contributed by atoms with Crippen molar-refractivity contribution in [1.29, 1.82) is 0 Å². The molecule has 20 heavy (non-hydrogen) atoms. The number of methoxy groups -OCH3 is 1. The van der Waals surface area contributed by atoms with Crippen LogP contribution in [0.25, 0.3) is 0 Å². The number of ether oxygens (including phenoxy) is 1. The molecule has 1 heterocycles. The van der Waals surface area contributed by atoms with Gasteiger partial charge in [0.25, 0.3) is 5.69 Å². The fourth-order valence-electron chi connectivity index (χ4n) is 2.64. The predicted octanol–water partition coefficient (Wildman–Crippen LogP) is 1.92. The van der Waals surface area contributed by atoms with Gasteiger partial charge in [-0.25, -0.2) is 4.79 Å². The minimum atomic E-state index is -0.516. The summed E-state index contributed by atoms with van der Waals surface area (Å²) in [6.07, 6.45) is 2.47. The normalized spacial score (nSPS) is 15.8. The number of nitro benzene ring substituents is 1. The van der Waals surface area contributed by atoms with Gasteiger partial charge >= 0.3 is 5.97 Å². The SMILES string of the molecule is COC(=O)c1cccc([N+](=O)[O-])c1CC1CCNCC1. The van der Waals surface area contributed by atoms with Gasteiger partial charge in [-0.15, -0.1) is 0 Å². The molecule has 0 aromatic heterocycles. The van der Waals surface area contributed by atoms with Crippen molar-refractivity contribution in [2.75, 3.05) is 20.2 Å². The first-order chi connectivity index (χ1) is 9.63. The highest BCUT2D eigenvalue weighted by Crippen LogP contribution is 2.28. The molecule has 0 atom stereocenters. The number of piperidine rings is 1. The monoisotopic (exact) mass is 278 g/mol. The van der Waals surface area contributed by atoms with Gasteiger partial charge in [0.1, 0.15) is 0 Å². The summed E-state index contributed by atoms with van der Waals surface area (Å²) in [5, 5.41) is 14.4. The zero-order valence-electron chi connectivity index (χ0n) is 11.4. The molecule has 1 aliphatic heterocycles. The van der Waals surface area contributed by atoms with Crippen LogP contribution in [0.5, 0.6) is 0 Å². The Labute approximate surface area is 117 Å².